The molecule has 1 saturated heterocycles. The lowest BCUT2D eigenvalue weighted by Gasteiger charge is -2.26. The van der Waals surface area contributed by atoms with Crippen LogP contribution in [0.4, 0.5) is 26.2 Å². The molecule has 2 atom stereocenters. The first-order valence-corrected chi connectivity index (χ1v) is 7.96. The van der Waals surface area contributed by atoms with E-state index in [4.69, 9.17) is 5.73 Å². The number of urea groups is 1. The van der Waals surface area contributed by atoms with Crippen molar-refractivity contribution in [2.45, 2.75) is 19.5 Å². The Labute approximate surface area is 144 Å². The Bertz CT molecular complexity index is 777. The highest BCUT2D eigenvalue weighted by molar-refractivity contribution is 5.99. The molecule has 1 heterocycles. The van der Waals surface area contributed by atoms with Crippen LogP contribution in [-0.4, -0.2) is 18.1 Å². The predicted molar refractivity (Wildman–Crippen MR) is 94.5 cm³/mol. The van der Waals surface area contributed by atoms with Gasteiger partial charge in [0.05, 0.1) is 0 Å². The fraction of sp³-hybridized carbons (Fsp3) is 0.222. The molecule has 25 heavy (non-hydrogen) atoms. The fourth-order valence-corrected chi connectivity index (χ4v) is 2.85. The summed E-state index contributed by atoms with van der Waals surface area (Å²) in [7, 11) is 0. The minimum absolute atomic E-state index is 0.0585. The molecular weight excluding hydrogens is 323 g/mol. The number of nitrogens with one attached hydrogen (secondary N) is 2. The van der Waals surface area contributed by atoms with E-state index in [2.05, 4.69) is 10.6 Å². The molecule has 0 spiro atoms. The lowest BCUT2D eigenvalue weighted by atomic mass is 10.1. The second kappa shape index (κ2) is 6.80. The van der Waals surface area contributed by atoms with Gasteiger partial charge in [0.25, 0.3) is 0 Å². The van der Waals surface area contributed by atoms with Crippen LogP contribution in [0.3, 0.4) is 0 Å². The Morgan fingerprint density at radius 2 is 1.80 bits per heavy atom. The van der Waals surface area contributed by atoms with Gasteiger partial charge in [0.1, 0.15) is 12.0 Å². The second-order valence-electron chi connectivity index (χ2n) is 6.06. The number of benzene rings is 2. The first-order valence-electron chi connectivity index (χ1n) is 7.96. The SMILES string of the molecule is C[C@H]1C[C@H](NC(=O)Nc2ccc(F)cc2)N(c2ccc(N)cc2)C1=O. The lowest BCUT2D eigenvalue weighted by Crippen LogP contribution is -2.47. The average Bonchev–Trinajstić information content (AvgIpc) is 2.85. The van der Waals surface area contributed by atoms with Crippen LogP contribution in [0, 0.1) is 11.7 Å². The third kappa shape index (κ3) is 3.71. The van der Waals surface area contributed by atoms with E-state index in [-0.39, 0.29) is 17.6 Å². The van der Waals surface area contributed by atoms with Crippen LogP contribution in [0.25, 0.3) is 0 Å². The van der Waals surface area contributed by atoms with Gasteiger partial charge in [-0.1, -0.05) is 6.92 Å². The normalized spacial score (nSPS) is 19.8. The number of rotatable bonds is 3. The van der Waals surface area contributed by atoms with Crippen molar-refractivity contribution in [3.63, 3.8) is 0 Å². The van der Waals surface area contributed by atoms with Crippen LogP contribution in [0.15, 0.2) is 48.5 Å². The van der Waals surface area contributed by atoms with Crippen molar-refractivity contribution in [1.82, 2.24) is 5.32 Å². The Balaban J connectivity index is 1.72. The molecule has 2 aromatic rings. The maximum Gasteiger partial charge on any atom is 0.320 e. The van der Waals surface area contributed by atoms with E-state index < -0.39 is 12.2 Å². The van der Waals surface area contributed by atoms with E-state index in [9.17, 15) is 14.0 Å². The molecule has 0 radical (unpaired) electrons. The van der Waals surface area contributed by atoms with Crippen LogP contribution < -0.4 is 21.3 Å². The Morgan fingerprint density at radius 3 is 2.44 bits per heavy atom. The van der Waals surface area contributed by atoms with Gasteiger partial charge in [0.15, 0.2) is 0 Å². The monoisotopic (exact) mass is 342 g/mol. The van der Waals surface area contributed by atoms with Crippen molar-refractivity contribution in [1.29, 1.82) is 0 Å². The van der Waals surface area contributed by atoms with Crippen molar-refractivity contribution in [3.05, 3.63) is 54.3 Å². The molecule has 7 heteroatoms. The number of carbonyl (C=O) groups is 2. The Kier molecular flexibility index (Phi) is 4.56. The zero-order valence-corrected chi connectivity index (χ0v) is 13.7. The molecule has 2 aromatic carbocycles. The van der Waals surface area contributed by atoms with Crippen molar-refractivity contribution in [2.75, 3.05) is 16.0 Å². The summed E-state index contributed by atoms with van der Waals surface area (Å²) in [5, 5.41) is 5.43. The fourth-order valence-electron chi connectivity index (χ4n) is 2.85. The molecule has 4 N–H and O–H groups in total. The molecule has 1 fully saturated rings. The number of halogens is 1. The maximum absolute atomic E-state index is 12.9. The molecular formula is C18H19FN4O2. The van der Waals surface area contributed by atoms with Crippen molar-refractivity contribution >= 4 is 29.0 Å². The van der Waals surface area contributed by atoms with Crippen LogP contribution in [0.1, 0.15) is 13.3 Å². The van der Waals surface area contributed by atoms with E-state index in [1.54, 1.807) is 29.2 Å². The smallest absolute Gasteiger partial charge is 0.320 e. The van der Waals surface area contributed by atoms with Crippen molar-refractivity contribution in [2.24, 2.45) is 5.92 Å². The molecule has 0 saturated carbocycles. The summed E-state index contributed by atoms with van der Waals surface area (Å²) in [5.74, 6) is -0.638. The van der Waals surface area contributed by atoms with Gasteiger partial charge in [0, 0.05) is 23.0 Å². The zero-order chi connectivity index (χ0) is 18.0. The summed E-state index contributed by atoms with van der Waals surface area (Å²) in [6.45, 7) is 1.83. The van der Waals surface area contributed by atoms with Crippen molar-refractivity contribution < 1.29 is 14.0 Å². The number of nitrogens with two attached hydrogens (primary N) is 1. The molecule has 130 valence electrons. The van der Waals surface area contributed by atoms with Crippen LogP contribution in [0.5, 0.6) is 0 Å². The van der Waals surface area contributed by atoms with Crippen LogP contribution in [0.2, 0.25) is 0 Å². The van der Waals surface area contributed by atoms with E-state index in [1.165, 1.54) is 24.3 Å². The number of carbonyl (C=O) groups excluding carboxylic acids is 2. The average molecular weight is 342 g/mol. The summed E-state index contributed by atoms with van der Waals surface area (Å²) in [6, 6.07) is 11.9. The molecule has 3 amide bonds. The summed E-state index contributed by atoms with van der Waals surface area (Å²) in [6.07, 6.45) is 0.0339. The quantitative estimate of drug-likeness (QED) is 0.750. The number of nitrogen functional groups attached to an aromatic ring is 1. The minimum atomic E-state index is -0.466. The molecule has 1 aliphatic heterocycles. The summed E-state index contributed by atoms with van der Waals surface area (Å²) < 4.78 is 12.9. The molecule has 6 nitrogen and oxygen atoms in total. The van der Waals surface area contributed by atoms with Gasteiger partial charge in [-0.05, 0) is 55.0 Å². The number of anilines is 3. The van der Waals surface area contributed by atoms with E-state index in [1.807, 2.05) is 6.92 Å². The zero-order valence-electron chi connectivity index (χ0n) is 13.7. The van der Waals surface area contributed by atoms with Gasteiger partial charge >= 0.3 is 6.03 Å². The van der Waals surface area contributed by atoms with E-state index >= 15 is 0 Å². The van der Waals surface area contributed by atoms with Gasteiger partial charge in [-0.25, -0.2) is 9.18 Å². The largest absolute Gasteiger partial charge is 0.399 e. The Hall–Kier alpha value is -3.09. The van der Waals surface area contributed by atoms with Gasteiger partial charge in [-0.15, -0.1) is 0 Å². The van der Waals surface area contributed by atoms with Gasteiger partial charge in [-0.3, -0.25) is 9.69 Å². The summed E-state index contributed by atoms with van der Waals surface area (Å²) in [4.78, 5) is 26.2. The highest BCUT2D eigenvalue weighted by Crippen LogP contribution is 2.29. The molecule has 1 aliphatic rings. The molecule has 3 rings (SSSR count). The standard InChI is InChI=1S/C18H19FN4O2/c1-11-10-16(22-18(25)21-14-6-2-12(19)3-7-14)23(17(11)24)15-8-4-13(20)5-9-15/h2-9,11,16H,10,20H2,1H3,(H2,21,22,25)/t11-,16+/m0/s1. The molecule has 0 bridgehead atoms. The number of amides is 3. The third-order valence-corrected chi connectivity index (χ3v) is 4.12. The first-order chi connectivity index (χ1) is 11.9. The topological polar surface area (TPSA) is 87.5 Å². The summed E-state index contributed by atoms with van der Waals surface area (Å²) in [5.41, 5.74) is 7.43. The molecule has 0 unspecified atom stereocenters. The molecule has 0 aliphatic carbocycles. The third-order valence-electron chi connectivity index (χ3n) is 4.12. The van der Waals surface area contributed by atoms with Gasteiger partial charge in [-0.2, -0.15) is 0 Å². The number of hydrogen-bond donors (Lipinski definition) is 3. The highest BCUT2D eigenvalue weighted by atomic mass is 19.1. The molecule has 0 aromatic heterocycles. The Morgan fingerprint density at radius 1 is 1.16 bits per heavy atom. The van der Waals surface area contributed by atoms with Crippen LogP contribution >= 0.6 is 0 Å². The predicted octanol–water partition coefficient (Wildman–Crippen LogP) is 2.93. The minimum Gasteiger partial charge on any atom is -0.399 e. The van der Waals surface area contributed by atoms with Crippen molar-refractivity contribution in [3.8, 4) is 0 Å². The first kappa shape index (κ1) is 16.8. The second-order valence-corrected chi connectivity index (χ2v) is 6.06. The number of hydrogen-bond acceptors (Lipinski definition) is 3. The highest BCUT2D eigenvalue weighted by Gasteiger charge is 2.38. The number of nitrogens with zero attached hydrogens (tertiary/aromatic N) is 1. The van der Waals surface area contributed by atoms with E-state index in [0.29, 0.717) is 23.5 Å². The maximum atomic E-state index is 12.9. The van der Waals surface area contributed by atoms with Crippen LogP contribution in [-0.2, 0) is 4.79 Å². The lowest BCUT2D eigenvalue weighted by molar-refractivity contribution is -0.120. The van der Waals surface area contributed by atoms with Gasteiger partial charge < -0.3 is 16.4 Å². The van der Waals surface area contributed by atoms with E-state index in [0.717, 1.165) is 0 Å². The summed E-state index contributed by atoms with van der Waals surface area (Å²) >= 11 is 0. The van der Waals surface area contributed by atoms with Gasteiger partial charge in [0.2, 0.25) is 5.91 Å².